The molecule has 0 bridgehead atoms. The van der Waals surface area contributed by atoms with E-state index >= 15 is 0 Å². The van der Waals surface area contributed by atoms with Gasteiger partial charge in [-0.25, -0.2) is 0 Å². The van der Waals surface area contributed by atoms with Gasteiger partial charge in [0.2, 0.25) is 0 Å². The smallest absolute Gasteiger partial charge is 0.360 e. The van der Waals surface area contributed by atoms with Gasteiger partial charge in [0.05, 0.1) is 0 Å². The van der Waals surface area contributed by atoms with Crippen LogP contribution in [0.3, 0.4) is 0 Å². The highest BCUT2D eigenvalue weighted by Crippen LogP contribution is 1.71. The molecule has 46 valence electrons. The van der Waals surface area contributed by atoms with Gasteiger partial charge in [-0.2, -0.15) is 0 Å². The number of carbonyl (C=O) groups excluding carboxylic acids is 2. The molecular weight excluding hydrogens is 116 g/mol. The Labute approximate surface area is 44.0 Å². The van der Waals surface area contributed by atoms with Crippen molar-refractivity contribution in [2.75, 3.05) is 0 Å². The van der Waals surface area contributed by atoms with Crippen molar-refractivity contribution in [1.29, 1.82) is 0 Å². The van der Waals surface area contributed by atoms with Crippen molar-refractivity contribution in [2.45, 2.75) is 0 Å². The van der Waals surface area contributed by atoms with Crippen LogP contribution in [0.15, 0.2) is 0 Å². The summed E-state index contributed by atoms with van der Waals surface area (Å²) in [4.78, 5) is 19.4. The first-order valence-electron chi connectivity index (χ1n) is 1.57. The van der Waals surface area contributed by atoms with Crippen LogP contribution in [0.2, 0.25) is 0 Å². The molecule has 0 heterocycles. The molecule has 0 fully saturated rings. The minimum Gasteiger partial charge on any atom is -0.361 e. The molecule has 2 amide bonds. The summed E-state index contributed by atoms with van der Waals surface area (Å²) in [6.07, 6.45) is 0. The zero-order valence-corrected chi connectivity index (χ0v) is 3.74. The molecule has 0 aromatic heterocycles. The summed E-state index contributed by atoms with van der Waals surface area (Å²) < 4.78 is 0. The van der Waals surface area contributed by atoms with Gasteiger partial charge in [-0.15, -0.1) is 0 Å². The Hall–Kier alpha value is -1.14. The standard InChI is InChI=1S/C2H4N2O4/c3-1(5)2(6)4(7)8/h7-8H,(H2,3,5). The second kappa shape index (κ2) is 2.24. The fourth-order valence-electron chi connectivity index (χ4n) is 0.0986. The Kier molecular flexibility index (Phi) is 1.92. The SMILES string of the molecule is NC(=O)C(=O)N(O)O. The zero-order chi connectivity index (χ0) is 6.73. The van der Waals surface area contributed by atoms with E-state index in [2.05, 4.69) is 5.73 Å². The molecule has 0 aliphatic heterocycles. The normalized spacial score (nSPS) is 8.25. The van der Waals surface area contributed by atoms with Crippen molar-refractivity contribution in [3.63, 3.8) is 0 Å². The van der Waals surface area contributed by atoms with Crippen LogP contribution >= 0.6 is 0 Å². The summed E-state index contributed by atoms with van der Waals surface area (Å²) in [6, 6.07) is 0. The van der Waals surface area contributed by atoms with Crippen LogP contribution in [0.1, 0.15) is 0 Å². The average Bonchev–Trinajstić information content (AvgIpc) is 1.64. The van der Waals surface area contributed by atoms with Gasteiger partial charge in [0.15, 0.2) is 0 Å². The molecular formula is C2H4N2O4. The molecule has 0 saturated carbocycles. The molecule has 6 heteroatoms. The fraction of sp³-hybridized carbons (Fsp3) is 0. The molecule has 0 aromatic rings. The van der Waals surface area contributed by atoms with Crippen molar-refractivity contribution in [2.24, 2.45) is 5.73 Å². The lowest BCUT2D eigenvalue weighted by Gasteiger charge is -1.99. The highest BCUT2D eigenvalue weighted by molar-refractivity contribution is 6.33. The number of carbonyl (C=O) groups is 2. The number of rotatable bonds is 0. The van der Waals surface area contributed by atoms with Crippen LogP contribution in [0.5, 0.6) is 0 Å². The Morgan fingerprint density at radius 2 is 1.75 bits per heavy atom. The molecule has 0 unspecified atom stereocenters. The number of amides is 2. The van der Waals surface area contributed by atoms with E-state index in [1.54, 1.807) is 0 Å². The Morgan fingerprint density at radius 3 is 1.75 bits per heavy atom. The van der Waals surface area contributed by atoms with Crippen LogP contribution < -0.4 is 5.73 Å². The maximum Gasteiger partial charge on any atom is 0.360 e. The van der Waals surface area contributed by atoms with Gasteiger partial charge in [-0.3, -0.25) is 20.0 Å². The van der Waals surface area contributed by atoms with Crippen LogP contribution in [-0.2, 0) is 9.59 Å². The van der Waals surface area contributed by atoms with Gasteiger partial charge in [-0.1, -0.05) is 5.23 Å². The van der Waals surface area contributed by atoms with Crippen molar-refractivity contribution in [1.82, 2.24) is 5.23 Å². The molecule has 0 rings (SSSR count). The van der Waals surface area contributed by atoms with Gasteiger partial charge in [0.25, 0.3) is 0 Å². The van der Waals surface area contributed by atoms with E-state index in [0.717, 1.165) is 0 Å². The predicted octanol–water partition coefficient (Wildman–Crippen LogP) is -1.92. The molecule has 0 aromatic carbocycles. The first kappa shape index (κ1) is 6.86. The molecule has 0 radical (unpaired) electrons. The van der Waals surface area contributed by atoms with E-state index in [4.69, 9.17) is 10.4 Å². The fourth-order valence-corrected chi connectivity index (χ4v) is 0.0986. The monoisotopic (exact) mass is 120 g/mol. The maximum atomic E-state index is 9.79. The summed E-state index contributed by atoms with van der Waals surface area (Å²) >= 11 is 0. The van der Waals surface area contributed by atoms with Crippen LogP contribution in [0.4, 0.5) is 0 Å². The molecule has 0 aliphatic carbocycles. The molecule has 8 heavy (non-hydrogen) atoms. The minimum atomic E-state index is -1.56. The lowest BCUT2D eigenvalue weighted by Crippen LogP contribution is -2.35. The average molecular weight is 120 g/mol. The molecule has 0 atom stereocenters. The van der Waals surface area contributed by atoms with Gasteiger partial charge < -0.3 is 5.73 Å². The Balaban J connectivity index is 3.84. The maximum absolute atomic E-state index is 9.79. The van der Waals surface area contributed by atoms with Crippen molar-refractivity contribution in [3.8, 4) is 0 Å². The molecule has 6 nitrogen and oxygen atoms in total. The lowest BCUT2D eigenvalue weighted by atomic mass is 10.6. The number of hydroxylamine groups is 2. The Morgan fingerprint density at radius 1 is 1.38 bits per heavy atom. The molecule has 4 N–H and O–H groups in total. The summed E-state index contributed by atoms with van der Waals surface area (Å²) in [6.45, 7) is 0. The summed E-state index contributed by atoms with van der Waals surface area (Å²) in [7, 11) is 0. The molecule has 0 spiro atoms. The minimum absolute atomic E-state index is 0.873. The second-order valence-corrected chi connectivity index (χ2v) is 0.959. The number of nitrogens with zero attached hydrogens (tertiary/aromatic N) is 1. The van der Waals surface area contributed by atoms with Crippen molar-refractivity contribution >= 4 is 11.8 Å². The van der Waals surface area contributed by atoms with Gasteiger partial charge in [-0.05, 0) is 0 Å². The third-order valence-corrected chi connectivity index (χ3v) is 0.392. The van der Waals surface area contributed by atoms with Crippen LogP contribution in [-0.4, -0.2) is 27.5 Å². The van der Waals surface area contributed by atoms with Gasteiger partial charge >= 0.3 is 11.8 Å². The topological polar surface area (TPSA) is 104 Å². The third kappa shape index (κ3) is 1.54. The number of nitrogens with two attached hydrogens (primary N) is 1. The van der Waals surface area contributed by atoms with E-state index in [9.17, 15) is 9.59 Å². The van der Waals surface area contributed by atoms with E-state index in [0.29, 0.717) is 0 Å². The first-order chi connectivity index (χ1) is 3.55. The van der Waals surface area contributed by atoms with Crippen molar-refractivity contribution in [3.05, 3.63) is 0 Å². The second-order valence-electron chi connectivity index (χ2n) is 0.959. The van der Waals surface area contributed by atoms with E-state index in [-0.39, 0.29) is 0 Å². The predicted molar refractivity (Wildman–Crippen MR) is 19.6 cm³/mol. The van der Waals surface area contributed by atoms with Crippen LogP contribution in [0.25, 0.3) is 0 Å². The first-order valence-corrected chi connectivity index (χ1v) is 1.57. The van der Waals surface area contributed by atoms with E-state index in [1.807, 2.05) is 0 Å². The lowest BCUT2D eigenvalue weighted by molar-refractivity contribution is -0.282. The van der Waals surface area contributed by atoms with Crippen molar-refractivity contribution < 1.29 is 20.0 Å². The third-order valence-electron chi connectivity index (χ3n) is 0.392. The van der Waals surface area contributed by atoms with Gasteiger partial charge in [0, 0.05) is 0 Å². The number of hydrogen-bond acceptors (Lipinski definition) is 4. The highest BCUT2D eigenvalue weighted by Gasteiger charge is 2.13. The van der Waals surface area contributed by atoms with Crippen LogP contribution in [0, 0.1) is 0 Å². The van der Waals surface area contributed by atoms with E-state index < -0.39 is 17.0 Å². The molecule has 0 saturated heterocycles. The largest absolute Gasteiger partial charge is 0.361 e. The number of primary amides is 1. The number of hydrogen-bond donors (Lipinski definition) is 3. The summed E-state index contributed by atoms with van der Waals surface area (Å²) in [5.41, 5.74) is 4.29. The Bertz CT molecular complexity index is 119. The quantitative estimate of drug-likeness (QED) is 0.197. The van der Waals surface area contributed by atoms with E-state index in [1.165, 1.54) is 0 Å². The zero-order valence-electron chi connectivity index (χ0n) is 3.74. The summed E-state index contributed by atoms with van der Waals surface area (Å²) in [5.74, 6) is -2.99. The molecule has 0 aliphatic rings. The highest BCUT2D eigenvalue weighted by atomic mass is 16.8. The summed E-state index contributed by atoms with van der Waals surface area (Å²) in [5, 5.41) is 14.6. The van der Waals surface area contributed by atoms with Gasteiger partial charge in [0.1, 0.15) is 0 Å².